The summed E-state index contributed by atoms with van der Waals surface area (Å²) >= 11 is 0. The molecule has 0 aliphatic heterocycles. The lowest BCUT2D eigenvalue weighted by Crippen LogP contribution is -2.35. The first-order valence-electron chi connectivity index (χ1n) is 12.2. The van der Waals surface area contributed by atoms with E-state index in [4.69, 9.17) is 9.84 Å². The molecule has 0 unspecified atom stereocenters. The number of alkyl halides is 3. The lowest BCUT2D eigenvalue weighted by Gasteiger charge is -2.31. The van der Waals surface area contributed by atoms with Crippen molar-refractivity contribution in [2.24, 2.45) is 11.8 Å². The first-order valence-corrected chi connectivity index (χ1v) is 12.2. The van der Waals surface area contributed by atoms with Crippen molar-refractivity contribution in [1.29, 1.82) is 0 Å². The van der Waals surface area contributed by atoms with Crippen LogP contribution in [0.2, 0.25) is 0 Å². The summed E-state index contributed by atoms with van der Waals surface area (Å²) in [7, 11) is 1.68. The second-order valence-corrected chi connectivity index (χ2v) is 9.16. The molecule has 1 saturated carbocycles. The fourth-order valence-electron chi connectivity index (χ4n) is 4.57. The van der Waals surface area contributed by atoms with Crippen molar-refractivity contribution in [3.8, 4) is 5.75 Å². The van der Waals surface area contributed by atoms with E-state index < -0.39 is 17.8 Å². The third-order valence-electron chi connectivity index (χ3n) is 6.65. The lowest BCUT2D eigenvalue weighted by molar-refractivity contribution is -0.137. The SMILES string of the molecule is CCN(CCO)CCCCCC1CCC(CN(C)C(=O)Oc2ccc(C(F)(F)F)cc2)CC1. The third kappa shape index (κ3) is 9.92. The van der Waals surface area contributed by atoms with Crippen molar-refractivity contribution in [2.45, 2.75) is 64.5 Å². The van der Waals surface area contributed by atoms with Gasteiger partial charge in [-0.3, -0.25) is 0 Å². The van der Waals surface area contributed by atoms with Crippen molar-refractivity contribution in [1.82, 2.24) is 9.80 Å². The molecule has 1 N–H and O–H groups in total. The highest BCUT2D eigenvalue weighted by molar-refractivity contribution is 5.70. The van der Waals surface area contributed by atoms with Crippen molar-refractivity contribution in [2.75, 3.05) is 39.8 Å². The summed E-state index contributed by atoms with van der Waals surface area (Å²) in [6.45, 7) is 5.74. The summed E-state index contributed by atoms with van der Waals surface area (Å²) in [6.07, 6.45) is 4.47. The van der Waals surface area contributed by atoms with Gasteiger partial charge in [-0.2, -0.15) is 13.2 Å². The standard InChI is InChI=1S/C25H39F3N2O3/c1-3-30(17-18-31)16-6-4-5-7-20-8-10-21(11-9-20)19-29(2)24(32)33-23-14-12-22(13-15-23)25(26,27)28/h12-15,20-21,31H,3-11,16-19H2,1-2H3. The van der Waals surface area contributed by atoms with Crippen molar-refractivity contribution in [3.05, 3.63) is 29.8 Å². The van der Waals surface area contributed by atoms with Crippen LogP contribution < -0.4 is 4.74 Å². The molecule has 2 rings (SSSR count). The zero-order valence-corrected chi connectivity index (χ0v) is 19.9. The molecule has 8 heteroatoms. The van der Waals surface area contributed by atoms with Gasteiger partial charge in [0, 0.05) is 20.1 Å². The molecule has 1 aromatic rings. The number of carbonyl (C=O) groups excluding carboxylic acids is 1. The number of rotatable bonds is 12. The molecule has 1 aliphatic rings. The number of aliphatic hydroxyl groups excluding tert-OH is 1. The average molecular weight is 473 g/mol. The summed E-state index contributed by atoms with van der Waals surface area (Å²) < 4.78 is 43.2. The molecular formula is C25H39F3N2O3. The van der Waals surface area contributed by atoms with Gasteiger partial charge >= 0.3 is 12.3 Å². The number of nitrogens with zero attached hydrogens (tertiary/aromatic N) is 2. The van der Waals surface area contributed by atoms with Crippen molar-refractivity contribution >= 4 is 6.09 Å². The van der Waals surface area contributed by atoms with Crippen LogP contribution in [0.5, 0.6) is 5.75 Å². The van der Waals surface area contributed by atoms with Gasteiger partial charge in [-0.1, -0.05) is 39.0 Å². The Hall–Kier alpha value is -1.80. The Morgan fingerprint density at radius 3 is 2.24 bits per heavy atom. The Labute approximate surface area is 195 Å². The molecule has 1 aromatic carbocycles. The Morgan fingerprint density at radius 2 is 1.67 bits per heavy atom. The maximum atomic E-state index is 12.6. The van der Waals surface area contributed by atoms with Crippen LogP contribution in [0.3, 0.4) is 0 Å². The van der Waals surface area contributed by atoms with Gasteiger partial charge in [0.05, 0.1) is 12.2 Å². The second kappa shape index (κ2) is 13.8. The normalized spacial score (nSPS) is 19.0. The molecule has 33 heavy (non-hydrogen) atoms. The van der Waals surface area contributed by atoms with E-state index in [1.165, 1.54) is 55.6 Å². The van der Waals surface area contributed by atoms with Crippen LogP contribution in [0, 0.1) is 11.8 Å². The molecule has 0 spiro atoms. The van der Waals surface area contributed by atoms with Crippen LogP contribution in [0.25, 0.3) is 0 Å². The Morgan fingerprint density at radius 1 is 1.03 bits per heavy atom. The van der Waals surface area contributed by atoms with E-state index >= 15 is 0 Å². The molecule has 188 valence electrons. The van der Waals surface area contributed by atoms with Gasteiger partial charge in [0.25, 0.3) is 0 Å². The number of hydrogen-bond donors (Lipinski definition) is 1. The average Bonchev–Trinajstić information content (AvgIpc) is 2.79. The predicted molar refractivity (Wildman–Crippen MR) is 123 cm³/mol. The van der Waals surface area contributed by atoms with Crippen molar-refractivity contribution < 1.29 is 27.8 Å². The monoisotopic (exact) mass is 472 g/mol. The zero-order chi connectivity index (χ0) is 24.3. The fraction of sp³-hybridized carbons (Fsp3) is 0.720. The van der Waals surface area contributed by atoms with E-state index in [9.17, 15) is 18.0 Å². The number of benzene rings is 1. The molecule has 0 aromatic heterocycles. The smallest absolute Gasteiger partial charge is 0.410 e. The minimum Gasteiger partial charge on any atom is -0.410 e. The number of aliphatic hydroxyl groups is 1. The molecule has 1 aliphatic carbocycles. The number of hydrogen-bond acceptors (Lipinski definition) is 4. The van der Waals surface area contributed by atoms with E-state index in [-0.39, 0.29) is 12.4 Å². The molecule has 0 saturated heterocycles. The van der Waals surface area contributed by atoms with Gasteiger partial charge < -0.3 is 19.6 Å². The summed E-state index contributed by atoms with van der Waals surface area (Å²) in [5, 5.41) is 9.04. The van der Waals surface area contributed by atoms with Gasteiger partial charge in [-0.15, -0.1) is 0 Å². The second-order valence-electron chi connectivity index (χ2n) is 9.16. The van der Waals surface area contributed by atoms with E-state index in [2.05, 4.69) is 11.8 Å². The number of carbonyl (C=O) groups is 1. The molecule has 0 atom stereocenters. The number of likely N-dealkylation sites (N-methyl/N-ethyl adjacent to an activating group) is 1. The molecule has 0 radical (unpaired) electrons. The zero-order valence-electron chi connectivity index (χ0n) is 19.9. The Balaban J connectivity index is 1.62. The van der Waals surface area contributed by atoms with Crippen LogP contribution in [-0.2, 0) is 6.18 Å². The van der Waals surface area contributed by atoms with E-state index in [1.807, 2.05) is 0 Å². The number of ether oxygens (including phenoxy) is 1. The first-order chi connectivity index (χ1) is 15.7. The molecule has 1 amide bonds. The summed E-state index contributed by atoms with van der Waals surface area (Å²) in [4.78, 5) is 16.1. The topological polar surface area (TPSA) is 53.0 Å². The number of halogens is 3. The highest BCUT2D eigenvalue weighted by Gasteiger charge is 2.30. The van der Waals surface area contributed by atoms with Gasteiger partial charge in [0.15, 0.2) is 0 Å². The van der Waals surface area contributed by atoms with Gasteiger partial charge in [0.1, 0.15) is 5.75 Å². The maximum absolute atomic E-state index is 12.6. The maximum Gasteiger partial charge on any atom is 0.416 e. The quantitative estimate of drug-likeness (QED) is 0.390. The minimum atomic E-state index is -4.41. The van der Waals surface area contributed by atoms with E-state index in [0.717, 1.165) is 50.5 Å². The first kappa shape index (κ1) is 27.4. The Bertz CT molecular complexity index is 689. The van der Waals surface area contributed by atoms with Crippen LogP contribution in [0.4, 0.5) is 18.0 Å². The highest BCUT2D eigenvalue weighted by atomic mass is 19.4. The summed E-state index contributed by atoms with van der Waals surface area (Å²) in [5.74, 6) is 1.30. The van der Waals surface area contributed by atoms with E-state index in [0.29, 0.717) is 12.5 Å². The number of unbranched alkanes of at least 4 members (excludes halogenated alkanes) is 2. The van der Waals surface area contributed by atoms with Gasteiger partial charge in [-0.25, -0.2) is 4.79 Å². The predicted octanol–water partition coefficient (Wildman–Crippen LogP) is 5.82. The van der Waals surface area contributed by atoms with Crippen LogP contribution in [0.1, 0.15) is 63.9 Å². The molecule has 5 nitrogen and oxygen atoms in total. The summed E-state index contributed by atoms with van der Waals surface area (Å²) in [6, 6.07) is 4.18. The van der Waals surface area contributed by atoms with Crippen molar-refractivity contribution in [3.63, 3.8) is 0 Å². The molecule has 1 fully saturated rings. The Kier molecular flexibility index (Phi) is 11.5. The fourth-order valence-corrected chi connectivity index (χ4v) is 4.57. The molecular weight excluding hydrogens is 433 g/mol. The van der Waals surface area contributed by atoms with Gasteiger partial charge in [-0.05, 0) is 68.5 Å². The largest absolute Gasteiger partial charge is 0.416 e. The summed E-state index contributed by atoms with van der Waals surface area (Å²) in [5.41, 5.74) is -0.767. The van der Waals surface area contributed by atoms with Gasteiger partial charge in [0.2, 0.25) is 0 Å². The van der Waals surface area contributed by atoms with E-state index in [1.54, 1.807) is 7.05 Å². The van der Waals surface area contributed by atoms with Crippen LogP contribution in [-0.4, -0.2) is 60.8 Å². The lowest BCUT2D eigenvalue weighted by atomic mass is 9.79. The van der Waals surface area contributed by atoms with Crippen LogP contribution in [0.15, 0.2) is 24.3 Å². The molecule has 0 heterocycles. The minimum absolute atomic E-state index is 0.113. The molecule has 0 bridgehead atoms. The number of amides is 1. The van der Waals surface area contributed by atoms with Crippen LogP contribution >= 0.6 is 0 Å². The highest BCUT2D eigenvalue weighted by Crippen LogP contribution is 2.33. The third-order valence-corrected chi connectivity index (χ3v) is 6.65.